The van der Waals surface area contributed by atoms with Crippen LogP contribution in [-0.4, -0.2) is 44.3 Å². The second kappa shape index (κ2) is 8.57. The van der Waals surface area contributed by atoms with Crippen molar-refractivity contribution in [3.8, 4) is 11.5 Å². The molecular formula is C22H27ClN2O6. The molecule has 1 aromatic carbocycles. The highest BCUT2D eigenvalue weighted by molar-refractivity contribution is 6.32. The fraction of sp³-hybridized carbons (Fsp3) is 0.591. The molecule has 4 saturated carbocycles. The molecule has 0 heterocycles. The molecular weight excluding hydrogens is 424 g/mol. The second-order valence-electron chi connectivity index (χ2n) is 8.97. The van der Waals surface area contributed by atoms with Gasteiger partial charge in [-0.05, 0) is 68.4 Å². The van der Waals surface area contributed by atoms with Crippen LogP contribution >= 0.6 is 11.6 Å². The quantitative estimate of drug-likeness (QED) is 0.644. The summed E-state index contributed by atoms with van der Waals surface area (Å²) in [6, 6.07) is 2.24. The molecule has 3 amide bonds. The summed E-state index contributed by atoms with van der Waals surface area (Å²) in [7, 11) is 2.85. The Labute approximate surface area is 185 Å². The van der Waals surface area contributed by atoms with Crippen molar-refractivity contribution in [2.75, 3.05) is 20.8 Å². The van der Waals surface area contributed by atoms with E-state index in [0.717, 1.165) is 19.3 Å². The molecule has 1 aromatic rings. The number of esters is 1. The van der Waals surface area contributed by atoms with Gasteiger partial charge in [-0.1, -0.05) is 11.6 Å². The van der Waals surface area contributed by atoms with E-state index in [9.17, 15) is 14.4 Å². The third-order valence-electron chi connectivity index (χ3n) is 6.67. The summed E-state index contributed by atoms with van der Waals surface area (Å²) in [5.41, 5.74) is -0.0971. The van der Waals surface area contributed by atoms with Crippen LogP contribution in [0.25, 0.3) is 0 Å². The molecule has 4 bridgehead atoms. The van der Waals surface area contributed by atoms with Crippen LogP contribution in [-0.2, 0) is 9.53 Å². The number of carbonyl (C=O) groups excluding carboxylic acids is 3. The minimum atomic E-state index is -0.764. The average molecular weight is 451 g/mol. The van der Waals surface area contributed by atoms with Crippen molar-refractivity contribution in [3.05, 3.63) is 22.7 Å². The molecule has 0 saturated heterocycles. The Kier molecular flexibility index (Phi) is 6.01. The topological polar surface area (TPSA) is 103 Å². The molecule has 0 atom stereocenters. The number of methoxy groups -OCH3 is 2. The molecule has 4 fully saturated rings. The normalized spacial score (nSPS) is 28.0. The lowest BCUT2D eigenvalue weighted by atomic mass is 9.53. The molecule has 2 N–H and O–H groups in total. The molecule has 8 nitrogen and oxygen atoms in total. The number of halogens is 1. The first-order valence-electron chi connectivity index (χ1n) is 10.5. The van der Waals surface area contributed by atoms with E-state index in [2.05, 4.69) is 10.6 Å². The van der Waals surface area contributed by atoms with Crippen LogP contribution in [0.5, 0.6) is 11.5 Å². The zero-order chi connectivity index (χ0) is 22.2. The Morgan fingerprint density at radius 1 is 1.03 bits per heavy atom. The van der Waals surface area contributed by atoms with Crippen LogP contribution in [0.3, 0.4) is 0 Å². The molecule has 0 aromatic heterocycles. The number of hydrogen-bond acceptors (Lipinski definition) is 6. The fourth-order valence-corrected chi connectivity index (χ4v) is 6.24. The Balaban J connectivity index is 1.29. The predicted molar refractivity (Wildman–Crippen MR) is 112 cm³/mol. The van der Waals surface area contributed by atoms with Gasteiger partial charge in [0.1, 0.15) is 0 Å². The van der Waals surface area contributed by atoms with Crippen LogP contribution in [0.15, 0.2) is 12.1 Å². The molecule has 5 rings (SSSR count). The van der Waals surface area contributed by atoms with Crippen molar-refractivity contribution in [1.29, 1.82) is 0 Å². The van der Waals surface area contributed by atoms with E-state index in [1.54, 1.807) is 0 Å². The van der Waals surface area contributed by atoms with Gasteiger partial charge in [-0.25, -0.2) is 9.59 Å². The van der Waals surface area contributed by atoms with E-state index >= 15 is 0 Å². The van der Waals surface area contributed by atoms with Gasteiger partial charge in [0.2, 0.25) is 0 Å². The Hall–Kier alpha value is -2.48. The number of nitrogens with one attached hydrogen (secondary N) is 2. The summed E-state index contributed by atoms with van der Waals surface area (Å²) in [5.74, 6) is 1.13. The molecule has 31 heavy (non-hydrogen) atoms. The third kappa shape index (κ3) is 4.59. The number of hydrogen-bond donors (Lipinski definition) is 2. The minimum Gasteiger partial charge on any atom is -0.493 e. The SMILES string of the molecule is COc1cc(C(=O)OCC(=O)NC(=O)NC23CC4CC(CC(C4)C2)C3)cc(Cl)c1OC. The Bertz CT molecular complexity index is 867. The molecule has 0 spiro atoms. The largest absolute Gasteiger partial charge is 0.493 e. The van der Waals surface area contributed by atoms with Crippen molar-refractivity contribution >= 4 is 29.5 Å². The molecule has 4 aliphatic carbocycles. The van der Waals surface area contributed by atoms with Crippen molar-refractivity contribution in [1.82, 2.24) is 10.6 Å². The van der Waals surface area contributed by atoms with Gasteiger partial charge in [-0.3, -0.25) is 10.1 Å². The number of ether oxygens (including phenoxy) is 3. The van der Waals surface area contributed by atoms with Crippen LogP contribution < -0.4 is 20.1 Å². The lowest BCUT2D eigenvalue weighted by Crippen LogP contribution is -2.62. The summed E-state index contributed by atoms with van der Waals surface area (Å²) >= 11 is 6.09. The molecule has 0 radical (unpaired) electrons. The summed E-state index contributed by atoms with van der Waals surface area (Å²) in [6.45, 7) is -0.584. The first-order valence-corrected chi connectivity index (χ1v) is 10.9. The molecule has 4 aliphatic rings. The van der Waals surface area contributed by atoms with Gasteiger partial charge in [-0.2, -0.15) is 0 Å². The average Bonchev–Trinajstić information content (AvgIpc) is 2.69. The Morgan fingerprint density at radius 2 is 1.65 bits per heavy atom. The lowest BCUT2D eigenvalue weighted by molar-refractivity contribution is -0.123. The van der Waals surface area contributed by atoms with Crippen molar-refractivity contribution in [2.24, 2.45) is 17.8 Å². The zero-order valence-electron chi connectivity index (χ0n) is 17.7. The fourth-order valence-electron chi connectivity index (χ4n) is 5.95. The summed E-state index contributed by atoms with van der Waals surface area (Å²) in [4.78, 5) is 36.9. The number of imide groups is 1. The van der Waals surface area contributed by atoms with E-state index < -0.39 is 24.5 Å². The molecule has 0 aliphatic heterocycles. The highest BCUT2D eigenvalue weighted by Crippen LogP contribution is 2.55. The highest BCUT2D eigenvalue weighted by atomic mass is 35.5. The molecule has 9 heteroatoms. The number of rotatable bonds is 6. The lowest BCUT2D eigenvalue weighted by Gasteiger charge is -2.56. The second-order valence-corrected chi connectivity index (χ2v) is 9.38. The van der Waals surface area contributed by atoms with Crippen LogP contribution in [0.1, 0.15) is 48.9 Å². The molecule has 0 unspecified atom stereocenters. The maximum absolute atomic E-state index is 12.4. The standard InChI is InChI=1S/C22H27ClN2O6/c1-29-17-7-15(6-16(23)19(17)30-2)20(27)31-11-18(26)24-21(28)25-22-8-12-3-13(9-22)5-14(4-12)10-22/h6-7,12-14H,3-5,8-11H2,1-2H3,(H2,24,25,26,28). The summed E-state index contributed by atoms with van der Waals surface area (Å²) in [6.07, 6.45) is 6.73. The number of amides is 3. The van der Waals surface area contributed by atoms with Crippen molar-refractivity contribution in [2.45, 2.75) is 44.1 Å². The van der Waals surface area contributed by atoms with E-state index in [0.29, 0.717) is 23.5 Å². The highest BCUT2D eigenvalue weighted by Gasteiger charge is 2.51. The Morgan fingerprint density at radius 3 is 2.19 bits per heavy atom. The number of benzene rings is 1. The maximum atomic E-state index is 12.4. The van der Waals surface area contributed by atoms with Crippen LogP contribution in [0, 0.1) is 17.8 Å². The van der Waals surface area contributed by atoms with Crippen molar-refractivity contribution < 1.29 is 28.6 Å². The van der Waals surface area contributed by atoms with Gasteiger partial charge in [0.25, 0.3) is 5.91 Å². The summed E-state index contributed by atoms with van der Waals surface area (Å²) < 4.78 is 15.3. The minimum absolute atomic E-state index is 0.105. The smallest absolute Gasteiger partial charge is 0.338 e. The third-order valence-corrected chi connectivity index (χ3v) is 6.95. The molecule has 168 valence electrons. The van der Waals surface area contributed by atoms with E-state index in [1.165, 1.54) is 45.6 Å². The van der Waals surface area contributed by atoms with Crippen LogP contribution in [0.4, 0.5) is 4.79 Å². The maximum Gasteiger partial charge on any atom is 0.338 e. The van der Waals surface area contributed by atoms with Crippen LogP contribution in [0.2, 0.25) is 5.02 Å². The predicted octanol–water partition coefficient (Wildman–Crippen LogP) is 3.31. The van der Waals surface area contributed by atoms with Gasteiger partial charge in [-0.15, -0.1) is 0 Å². The van der Waals surface area contributed by atoms with E-state index in [-0.39, 0.29) is 21.9 Å². The van der Waals surface area contributed by atoms with Gasteiger partial charge in [0.05, 0.1) is 24.8 Å². The summed E-state index contributed by atoms with van der Waals surface area (Å²) in [5, 5.41) is 5.50. The van der Waals surface area contributed by atoms with E-state index in [4.69, 9.17) is 25.8 Å². The van der Waals surface area contributed by atoms with Gasteiger partial charge in [0, 0.05) is 5.54 Å². The van der Waals surface area contributed by atoms with E-state index in [1.807, 2.05) is 0 Å². The first-order chi connectivity index (χ1) is 14.8. The number of urea groups is 1. The monoisotopic (exact) mass is 450 g/mol. The van der Waals surface area contributed by atoms with Gasteiger partial charge >= 0.3 is 12.0 Å². The first kappa shape index (κ1) is 21.7. The zero-order valence-corrected chi connectivity index (χ0v) is 18.4. The number of carbonyl (C=O) groups is 3. The van der Waals surface area contributed by atoms with Gasteiger partial charge in [0.15, 0.2) is 18.1 Å². The van der Waals surface area contributed by atoms with Gasteiger partial charge < -0.3 is 19.5 Å². The van der Waals surface area contributed by atoms with Crippen molar-refractivity contribution in [3.63, 3.8) is 0 Å².